The molecule has 0 radical (unpaired) electrons. The lowest BCUT2D eigenvalue weighted by molar-refractivity contribution is 0.193. The first-order valence-electron chi connectivity index (χ1n) is 8.22. The summed E-state index contributed by atoms with van der Waals surface area (Å²) >= 11 is 0. The molecule has 1 aromatic heterocycles. The first-order valence-corrected chi connectivity index (χ1v) is 8.22. The fraction of sp³-hybridized carbons (Fsp3) is 0.588. The van der Waals surface area contributed by atoms with Crippen LogP contribution in [-0.4, -0.2) is 33.8 Å². The molecule has 4 nitrogen and oxygen atoms in total. The zero-order valence-corrected chi connectivity index (χ0v) is 13.0. The number of nitrogens with two attached hydrogens (primary N) is 1. The summed E-state index contributed by atoms with van der Waals surface area (Å²) < 4.78 is 2.11. The number of para-hydroxylation sites is 1. The molecule has 2 heterocycles. The van der Waals surface area contributed by atoms with Gasteiger partial charge in [-0.05, 0) is 32.4 Å². The monoisotopic (exact) mass is 286 g/mol. The summed E-state index contributed by atoms with van der Waals surface area (Å²) in [6.45, 7) is 5.90. The van der Waals surface area contributed by atoms with Crippen molar-refractivity contribution in [1.82, 2.24) is 14.7 Å². The number of hydrogen-bond donors (Lipinski definition) is 1. The van der Waals surface area contributed by atoms with Crippen LogP contribution in [0.25, 0.3) is 10.9 Å². The highest BCUT2D eigenvalue weighted by molar-refractivity contribution is 5.81. The number of rotatable bonds is 4. The molecule has 114 valence electrons. The smallest absolute Gasteiger partial charge is 0.0843 e. The normalized spacial score (nSPS) is 20.8. The second kappa shape index (κ2) is 6.58. The van der Waals surface area contributed by atoms with Crippen LogP contribution in [-0.2, 0) is 13.1 Å². The first kappa shape index (κ1) is 14.5. The van der Waals surface area contributed by atoms with Crippen LogP contribution in [0.15, 0.2) is 24.3 Å². The minimum absolute atomic E-state index is 0.512. The maximum Gasteiger partial charge on any atom is 0.0843 e. The molecule has 1 fully saturated rings. The maximum atomic E-state index is 5.99. The molecule has 1 aromatic carbocycles. The Balaban J connectivity index is 1.89. The molecule has 2 N–H and O–H groups in total. The average Bonchev–Trinajstić information content (AvgIpc) is 2.72. The van der Waals surface area contributed by atoms with Crippen LogP contribution < -0.4 is 5.73 Å². The number of hydrogen-bond acceptors (Lipinski definition) is 3. The molecule has 0 bridgehead atoms. The van der Waals surface area contributed by atoms with E-state index in [9.17, 15) is 0 Å². The van der Waals surface area contributed by atoms with E-state index in [2.05, 4.69) is 40.8 Å². The Morgan fingerprint density at radius 3 is 2.90 bits per heavy atom. The van der Waals surface area contributed by atoms with Crippen molar-refractivity contribution in [2.75, 3.05) is 13.1 Å². The third kappa shape index (κ3) is 2.97. The Morgan fingerprint density at radius 2 is 2.10 bits per heavy atom. The van der Waals surface area contributed by atoms with Crippen LogP contribution in [0, 0.1) is 0 Å². The van der Waals surface area contributed by atoms with E-state index < -0.39 is 0 Å². The highest BCUT2D eigenvalue weighted by Gasteiger charge is 2.21. The topological polar surface area (TPSA) is 47.1 Å². The van der Waals surface area contributed by atoms with Gasteiger partial charge >= 0.3 is 0 Å². The molecule has 1 aliphatic rings. The minimum Gasteiger partial charge on any atom is -0.329 e. The number of benzene rings is 1. The molecular weight excluding hydrogens is 260 g/mol. The molecule has 1 atom stereocenters. The lowest BCUT2D eigenvalue weighted by Gasteiger charge is -2.28. The summed E-state index contributed by atoms with van der Waals surface area (Å²) in [5, 5.41) is 6.13. The fourth-order valence-corrected chi connectivity index (χ4v) is 3.46. The van der Waals surface area contributed by atoms with Crippen molar-refractivity contribution in [2.24, 2.45) is 5.73 Å². The number of fused-ring (bicyclic) bond motifs is 1. The van der Waals surface area contributed by atoms with Crippen molar-refractivity contribution in [3.8, 4) is 0 Å². The van der Waals surface area contributed by atoms with E-state index in [0.717, 1.165) is 26.2 Å². The van der Waals surface area contributed by atoms with Crippen LogP contribution >= 0.6 is 0 Å². The van der Waals surface area contributed by atoms with Crippen LogP contribution in [0.3, 0.4) is 0 Å². The predicted octanol–water partition coefficient (Wildman–Crippen LogP) is 2.76. The number of likely N-dealkylation sites (tertiary alicyclic amines) is 1. The van der Waals surface area contributed by atoms with Crippen molar-refractivity contribution in [2.45, 2.75) is 51.7 Å². The Kier molecular flexibility index (Phi) is 4.56. The van der Waals surface area contributed by atoms with Gasteiger partial charge in [-0.1, -0.05) is 31.0 Å². The lowest BCUT2D eigenvalue weighted by Crippen LogP contribution is -2.39. The van der Waals surface area contributed by atoms with E-state index in [1.54, 1.807) is 0 Å². The largest absolute Gasteiger partial charge is 0.329 e. The van der Waals surface area contributed by atoms with Crippen molar-refractivity contribution in [3.63, 3.8) is 0 Å². The quantitative estimate of drug-likeness (QED) is 0.940. The molecular formula is C17H26N4. The first-order chi connectivity index (χ1) is 10.3. The lowest BCUT2D eigenvalue weighted by atomic mass is 10.1. The summed E-state index contributed by atoms with van der Waals surface area (Å²) in [5.74, 6) is 0. The van der Waals surface area contributed by atoms with Gasteiger partial charge in [0.1, 0.15) is 0 Å². The summed E-state index contributed by atoms with van der Waals surface area (Å²) in [6, 6.07) is 9.07. The second-order valence-electron chi connectivity index (χ2n) is 5.99. The Morgan fingerprint density at radius 1 is 1.24 bits per heavy atom. The van der Waals surface area contributed by atoms with Gasteiger partial charge in [0.05, 0.1) is 11.2 Å². The third-order valence-electron chi connectivity index (χ3n) is 4.66. The predicted molar refractivity (Wildman–Crippen MR) is 87.1 cm³/mol. The standard InChI is InChI=1S/C17H26N4/c1-2-21-17-10-6-5-9-15(17)16(19-21)13-20-11-7-3-4-8-14(20)12-18/h5-6,9-10,14H,2-4,7-8,11-13,18H2,1H3. The molecule has 4 heteroatoms. The van der Waals surface area contributed by atoms with Crippen LogP contribution in [0.2, 0.25) is 0 Å². The molecule has 1 saturated heterocycles. The van der Waals surface area contributed by atoms with Gasteiger partial charge in [-0.15, -0.1) is 0 Å². The van der Waals surface area contributed by atoms with Crippen LogP contribution in [0.4, 0.5) is 0 Å². The number of aromatic nitrogens is 2. The minimum atomic E-state index is 0.512. The van der Waals surface area contributed by atoms with Gasteiger partial charge in [-0.25, -0.2) is 0 Å². The zero-order valence-electron chi connectivity index (χ0n) is 13.0. The van der Waals surface area contributed by atoms with E-state index >= 15 is 0 Å². The van der Waals surface area contributed by atoms with Gasteiger partial charge < -0.3 is 5.73 Å². The van der Waals surface area contributed by atoms with E-state index in [0.29, 0.717) is 6.04 Å². The van der Waals surface area contributed by atoms with E-state index in [1.165, 1.54) is 42.3 Å². The molecule has 2 aromatic rings. The molecule has 3 rings (SSSR count). The summed E-state index contributed by atoms with van der Waals surface area (Å²) in [4.78, 5) is 2.54. The van der Waals surface area contributed by atoms with Crippen LogP contribution in [0.1, 0.15) is 38.3 Å². The number of aryl methyl sites for hydroxylation is 1. The van der Waals surface area contributed by atoms with Gasteiger partial charge in [0, 0.05) is 31.1 Å². The van der Waals surface area contributed by atoms with Gasteiger partial charge in [-0.3, -0.25) is 9.58 Å². The second-order valence-corrected chi connectivity index (χ2v) is 5.99. The fourth-order valence-electron chi connectivity index (χ4n) is 3.46. The third-order valence-corrected chi connectivity index (χ3v) is 4.66. The molecule has 0 saturated carbocycles. The molecule has 1 aliphatic heterocycles. The highest BCUT2D eigenvalue weighted by atomic mass is 15.3. The maximum absolute atomic E-state index is 5.99. The summed E-state index contributed by atoms with van der Waals surface area (Å²) in [6.07, 6.45) is 5.14. The Hall–Kier alpha value is -1.39. The van der Waals surface area contributed by atoms with Crippen molar-refractivity contribution in [3.05, 3.63) is 30.0 Å². The van der Waals surface area contributed by atoms with Crippen molar-refractivity contribution in [1.29, 1.82) is 0 Å². The van der Waals surface area contributed by atoms with E-state index in [4.69, 9.17) is 10.8 Å². The van der Waals surface area contributed by atoms with Crippen molar-refractivity contribution < 1.29 is 0 Å². The number of nitrogens with zero attached hydrogens (tertiary/aromatic N) is 3. The summed E-state index contributed by atoms with van der Waals surface area (Å²) in [7, 11) is 0. The molecule has 0 spiro atoms. The highest BCUT2D eigenvalue weighted by Crippen LogP contribution is 2.23. The zero-order chi connectivity index (χ0) is 14.7. The van der Waals surface area contributed by atoms with Crippen LogP contribution in [0.5, 0.6) is 0 Å². The summed E-state index contributed by atoms with van der Waals surface area (Å²) in [5.41, 5.74) is 8.44. The average molecular weight is 286 g/mol. The van der Waals surface area contributed by atoms with Crippen molar-refractivity contribution >= 4 is 10.9 Å². The van der Waals surface area contributed by atoms with Gasteiger partial charge in [0.15, 0.2) is 0 Å². The van der Waals surface area contributed by atoms with E-state index in [-0.39, 0.29) is 0 Å². The molecule has 0 amide bonds. The van der Waals surface area contributed by atoms with Gasteiger partial charge in [0.25, 0.3) is 0 Å². The molecule has 1 unspecified atom stereocenters. The van der Waals surface area contributed by atoms with Gasteiger partial charge in [0.2, 0.25) is 0 Å². The van der Waals surface area contributed by atoms with E-state index in [1.807, 2.05) is 0 Å². The Labute approximate surface area is 126 Å². The SMILES string of the molecule is CCn1nc(CN2CCCCCC2CN)c2ccccc21. The molecule has 21 heavy (non-hydrogen) atoms. The van der Waals surface area contributed by atoms with Gasteiger partial charge in [-0.2, -0.15) is 5.10 Å². The Bertz CT molecular complexity index is 589. The molecule has 0 aliphatic carbocycles.